The monoisotopic (exact) mass is 565 g/mol. The normalized spacial score (nSPS) is 12.4. The molecule has 4 nitrogen and oxygen atoms in total. The predicted octanol–water partition coefficient (Wildman–Crippen LogP) is 6.20. The molecule has 146 valence electrons. The average molecular weight is 569 g/mol. The van der Waals surface area contributed by atoms with Gasteiger partial charge in [-0.25, -0.2) is 0 Å². The van der Waals surface area contributed by atoms with Crippen LogP contribution in [0.3, 0.4) is 0 Å². The molecule has 1 aromatic carbocycles. The van der Waals surface area contributed by atoms with Gasteiger partial charge in [0.2, 0.25) is 9.70 Å². The molecular weight excluding hydrogens is 548 g/mol. The summed E-state index contributed by atoms with van der Waals surface area (Å²) in [4.78, 5) is 12.1. The quantitative estimate of drug-likeness (QED) is 0.159. The summed E-state index contributed by atoms with van der Waals surface area (Å²) in [5, 5.41) is 8.76. The Morgan fingerprint density at radius 3 is 2.27 bits per heavy atom. The van der Waals surface area contributed by atoms with Gasteiger partial charge >= 0.3 is 0 Å². The highest BCUT2D eigenvalue weighted by molar-refractivity contribution is 9.11. The maximum absolute atomic E-state index is 12.1. The smallest absolute Gasteiger partial charge is 0.228 e. The fraction of sp³-hybridized carbons (Fsp3) is 0.500. The first-order valence-corrected chi connectivity index (χ1v) is 11.1. The van der Waals surface area contributed by atoms with Gasteiger partial charge in [0.05, 0.1) is 5.69 Å². The van der Waals surface area contributed by atoms with Gasteiger partial charge in [0.25, 0.3) is 0 Å². The van der Waals surface area contributed by atoms with Gasteiger partial charge in [-0.05, 0) is 75.1 Å². The van der Waals surface area contributed by atoms with Gasteiger partial charge in [-0.15, -0.1) is 0 Å². The number of hydrogen-bond donors (Lipinski definition) is 3. The minimum absolute atomic E-state index is 0.206. The number of alkyl halides is 3. The van der Waals surface area contributed by atoms with Crippen LogP contribution < -0.4 is 16.0 Å². The standard InChI is InChI=1S/C16H20Br2Cl3N3OS/c1-3-4-5-6-12(25)22-14(16(19,20)21)24-15(26)23-13-10(17)7-9(2)8-11(13)18/h7-8,14H,3-6H2,1-2H3,(H,22,25)(H2,23,24,26)/t14-/m1/s1. The van der Waals surface area contributed by atoms with Crippen molar-refractivity contribution in [2.24, 2.45) is 0 Å². The number of benzene rings is 1. The van der Waals surface area contributed by atoms with Gasteiger partial charge < -0.3 is 16.0 Å². The summed E-state index contributed by atoms with van der Waals surface area (Å²) in [6, 6.07) is 3.88. The number of nitrogens with one attached hydrogen (secondary N) is 3. The molecule has 0 spiro atoms. The van der Waals surface area contributed by atoms with Crippen molar-refractivity contribution >= 4 is 95.6 Å². The second-order valence-corrected chi connectivity index (χ2v) is 10.2. The summed E-state index contributed by atoms with van der Waals surface area (Å²) in [5.41, 5.74) is 1.80. The van der Waals surface area contributed by atoms with Crippen molar-refractivity contribution in [3.8, 4) is 0 Å². The Morgan fingerprint density at radius 1 is 1.19 bits per heavy atom. The first-order chi connectivity index (χ1) is 12.0. The molecule has 0 aliphatic carbocycles. The number of unbranched alkanes of at least 4 members (excludes halogenated alkanes) is 2. The lowest BCUT2D eigenvalue weighted by atomic mass is 10.2. The Labute approximate surface area is 191 Å². The molecule has 0 fully saturated rings. The van der Waals surface area contributed by atoms with E-state index in [-0.39, 0.29) is 11.0 Å². The lowest BCUT2D eigenvalue weighted by Gasteiger charge is -2.28. The highest BCUT2D eigenvalue weighted by Crippen LogP contribution is 2.33. The van der Waals surface area contributed by atoms with Crippen molar-refractivity contribution < 1.29 is 4.79 Å². The van der Waals surface area contributed by atoms with Gasteiger partial charge in [0.1, 0.15) is 6.17 Å². The molecule has 0 heterocycles. The molecule has 1 atom stereocenters. The third-order valence-electron chi connectivity index (χ3n) is 3.34. The van der Waals surface area contributed by atoms with E-state index in [4.69, 9.17) is 47.0 Å². The highest BCUT2D eigenvalue weighted by Gasteiger charge is 2.34. The zero-order chi connectivity index (χ0) is 19.9. The third kappa shape index (κ3) is 8.48. The molecule has 0 aliphatic heterocycles. The van der Waals surface area contributed by atoms with Crippen molar-refractivity contribution in [1.82, 2.24) is 10.6 Å². The first-order valence-electron chi connectivity index (χ1n) is 7.93. The molecule has 10 heteroatoms. The van der Waals surface area contributed by atoms with E-state index in [9.17, 15) is 4.79 Å². The maximum Gasteiger partial charge on any atom is 0.228 e. The van der Waals surface area contributed by atoms with E-state index in [0.29, 0.717) is 6.42 Å². The zero-order valence-corrected chi connectivity index (χ0v) is 20.5. The van der Waals surface area contributed by atoms with Gasteiger partial charge in [0, 0.05) is 15.4 Å². The lowest BCUT2D eigenvalue weighted by molar-refractivity contribution is -0.122. The van der Waals surface area contributed by atoms with Crippen LogP contribution in [0.25, 0.3) is 0 Å². The number of carbonyl (C=O) groups excluding carboxylic acids is 1. The number of thiocarbonyl (C=S) groups is 1. The number of amides is 1. The minimum atomic E-state index is -1.77. The van der Waals surface area contributed by atoms with Crippen LogP contribution in [0.1, 0.15) is 38.2 Å². The molecule has 3 N–H and O–H groups in total. The fourth-order valence-electron chi connectivity index (χ4n) is 2.07. The summed E-state index contributed by atoms with van der Waals surface area (Å²) in [5.74, 6) is -0.206. The van der Waals surface area contributed by atoms with Crippen LogP contribution in [0, 0.1) is 6.92 Å². The zero-order valence-electron chi connectivity index (χ0n) is 14.3. The number of anilines is 1. The maximum atomic E-state index is 12.1. The molecule has 0 saturated heterocycles. The number of halogens is 5. The van der Waals surface area contributed by atoms with Gasteiger partial charge in [-0.2, -0.15) is 0 Å². The lowest BCUT2D eigenvalue weighted by Crippen LogP contribution is -2.56. The Morgan fingerprint density at radius 2 is 1.77 bits per heavy atom. The molecule has 0 bridgehead atoms. The molecule has 0 aromatic heterocycles. The second kappa shape index (κ2) is 11.3. The summed E-state index contributed by atoms with van der Waals surface area (Å²) >= 11 is 30.2. The van der Waals surface area contributed by atoms with E-state index < -0.39 is 9.96 Å². The third-order valence-corrected chi connectivity index (χ3v) is 5.47. The van der Waals surface area contributed by atoms with Crippen LogP contribution in [-0.4, -0.2) is 21.0 Å². The van der Waals surface area contributed by atoms with Crippen LogP contribution in [0.5, 0.6) is 0 Å². The molecular formula is C16H20Br2Cl3N3OS. The van der Waals surface area contributed by atoms with Crippen LogP contribution >= 0.6 is 78.9 Å². The SMILES string of the molecule is CCCCCC(=O)N[C@H](NC(=S)Nc1c(Br)cc(C)cc1Br)C(Cl)(Cl)Cl. The largest absolute Gasteiger partial charge is 0.339 e. The number of rotatable bonds is 7. The van der Waals surface area contributed by atoms with Crippen molar-refractivity contribution in [2.75, 3.05) is 5.32 Å². The average Bonchev–Trinajstić information content (AvgIpc) is 2.49. The molecule has 1 rings (SSSR count). The summed E-state index contributed by atoms with van der Waals surface area (Å²) in [6.07, 6.45) is 2.16. The van der Waals surface area contributed by atoms with Crippen LogP contribution in [0.4, 0.5) is 5.69 Å². The van der Waals surface area contributed by atoms with E-state index in [2.05, 4.69) is 54.7 Å². The van der Waals surface area contributed by atoms with Crippen LogP contribution in [-0.2, 0) is 4.79 Å². The predicted molar refractivity (Wildman–Crippen MR) is 122 cm³/mol. The number of hydrogen-bond acceptors (Lipinski definition) is 2. The summed E-state index contributed by atoms with van der Waals surface area (Å²) in [7, 11) is 0. The topological polar surface area (TPSA) is 53.2 Å². The Hall–Kier alpha value is 0.210. The van der Waals surface area contributed by atoms with Crippen molar-refractivity contribution in [3.05, 3.63) is 26.6 Å². The van der Waals surface area contributed by atoms with Crippen LogP contribution in [0.15, 0.2) is 21.1 Å². The molecule has 0 saturated carbocycles. The van der Waals surface area contributed by atoms with Gasteiger partial charge in [-0.1, -0.05) is 54.6 Å². The first kappa shape index (κ1) is 24.2. The van der Waals surface area contributed by atoms with Crippen molar-refractivity contribution in [1.29, 1.82) is 0 Å². The van der Waals surface area contributed by atoms with E-state index in [1.807, 2.05) is 19.1 Å². The molecule has 26 heavy (non-hydrogen) atoms. The van der Waals surface area contributed by atoms with Crippen LogP contribution in [0.2, 0.25) is 0 Å². The molecule has 0 aliphatic rings. The Kier molecular flexibility index (Phi) is 10.5. The number of aryl methyl sites for hydroxylation is 1. The minimum Gasteiger partial charge on any atom is -0.339 e. The van der Waals surface area contributed by atoms with Gasteiger partial charge in [-0.3, -0.25) is 4.79 Å². The second-order valence-electron chi connectivity index (χ2n) is 5.70. The fourth-order valence-corrected chi connectivity index (χ4v) is 4.23. The van der Waals surface area contributed by atoms with E-state index in [1.165, 1.54) is 0 Å². The highest BCUT2D eigenvalue weighted by atomic mass is 79.9. The Balaban J connectivity index is 2.76. The Bertz CT molecular complexity index is 633. The molecule has 0 radical (unpaired) electrons. The molecule has 1 amide bonds. The molecule has 1 aromatic rings. The molecule has 0 unspecified atom stereocenters. The van der Waals surface area contributed by atoms with E-state index in [0.717, 1.165) is 39.5 Å². The summed E-state index contributed by atoms with van der Waals surface area (Å²) in [6.45, 7) is 4.04. The summed E-state index contributed by atoms with van der Waals surface area (Å²) < 4.78 is -0.126. The van der Waals surface area contributed by atoms with Crippen molar-refractivity contribution in [2.45, 2.75) is 49.5 Å². The van der Waals surface area contributed by atoms with E-state index >= 15 is 0 Å². The van der Waals surface area contributed by atoms with E-state index in [1.54, 1.807) is 0 Å². The van der Waals surface area contributed by atoms with Crippen molar-refractivity contribution in [3.63, 3.8) is 0 Å². The van der Waals surface area contributed by atoms with Gasteiger partial charge in [0.15, 0.2) is 5.11 Å². The number of carbonyl (C=O) groups is 1.